The topological polar surface area (TPSA) is 24.9 Å². The third-order valence-electron chi connectivity index (χ3n) is 3.45. The van der Waals surface area contributed by atoms with Gasteiger partial charge in [-0.3, -0.25) is 4.98 Å². The normalized spacial score (nSPS) is 14.0. The third-order valence-corrected chi connectivity index (χ3v) is 4.27. The zero-order valence-corrected chi connectivity index (χ0v) is 13.9. The van der Waals surface area contributed by atoms with Crippen LogP contribution in [0.15, 0.2) is 47.2 Å². The highest BCUT2D eigenvalue weighted by molar-refractivity contribution is 9.10. The largest absolute Gasteiger partial charge is 0.310 e. The standard InChI is InChI=1S/C16H18BrClN2/c1-3-20-16(11(2)12-6-8-19-9-7-12)14-5-4-13(17)10-15(14)18/h4-11,16,20H,3H2,1-2H3. The summed E-state index contributed by atoms with van der Waals surface area (Å²) in [6, 6.07) is 10.4. The van der Waals surface area contributed by atoms with Crippen molar-refractivity contribution < 1.29 is 0 Å². The number of rotatable bonds is 5. The number of pyridine rings is 1. The van der Waals surface area contributed by atoms with Gasteiger partial charge in [0, 0.05) is 33.8 Å². The Hall–Kier alpha value is -0.900. The molecule has 0 bridgehead atoms. The number of nitrogens with one attached hydrogen (secondary N) is 1. The van der Waals surface area contributed by atoms with Crippen LogP contribution in [0.25, 0.3) is 0 Å². The van der Waals surface area contributed by atoms with E-state index in [2.05, 4.69) is 58.3 Å². The fraction of sp³-hybridized carbons (Fsp3) is 0.312. The van der Waals surface area contributed by atoms with Crippen molar-refractivity contribution in [2.75, 3.05) is 6.54 Å². The van der Waals surface area contributed by atoms with E-state index >= 15 is 0 Å². The van der Waals surface area contributed by atoms with Gasteiger partial charge in [0.05, 0.1) is 0 Å². The Labute approximate surface area is 133 Å². The van der Waals surface area contributed by atoms with Gasteiger partial charge < -0.3 is 5.32 Å². The molecule has 1 aromatic heterocycles. The molecule has 2 rings (SSSR count). The second-order valence-electron chi connectivity index (χ2n) is 4.77. The van der Waals surface area contributed by atoms with Crippen LogP contribution in [-0.2, 0) is 0 Å². The molecule has 0 aliphatic rings. The first-order valence-electron chi connectivity index (χ1n) is 6.71. The molecule has 20 heavy (non-hydrogen) atoms. The molecule has 1 N–H and O–H groups in total. The van der Waals surface area contributed by atoms with Gasteiger partial charge in [-0.2, -0.15) is 0 Å². The molecule has 1 aromatic carbocycles. The first-order valence-corrected chi connectivity index (χ1v) is 7.88. The number of benzene rings is 1. The Bertz CT molecular complexity index is 560. The van der Waals surface area contributed by atoms with Crippen LogP contribution in [0, 0.1) is 0 Å². The van der Waals surface area contributed by atoms with Crippen molar-refractivity contribution in [3.63, 3.8) is 0 Å². The maximum atomic E-state index is 6.41. The SMILES string of the molecule is CCNC(c1ccc(Br)cc1Cl)C(C)c1ccncc1. The van der Waals surface area contributed by atoms with E-state index in [4.69, 9.17) is 11.6 Å². The van der Waals surface area contributed by atoms with Gasteiger partial charge >= 0.3 is 0 Å². The van der Waals surface area contributed by atoms with Crippen LogP contribution in [0.3, 0.4) is 0 Å². The lowest BCUT2D eigenvalue weighted by molar-refractivity contribution is 0.479. The van der Waals surface area contributed by atoms with Crippen molar-refractivity contribution in [2.45, 2.75) is 25.8 Å². The summed E-state index contributed by atoms with van der Waals surface area (Å²) in [7, 11) is 0. The first kappa shape index (κ1) is 15.5. The Morgan fingerprint density at radius 3 is 2.55 bits per heavy atom. The van der Waals surface area contributed by atoms with E-state index in [1.165, 1.54) is 5.56 Å². The van der Waals surface area contributed by atoms with E-state index < -0.39 is 0 Å². The minimum Gasteiger partial charge on any atom is -0.310 e. The van der Waals surface area contributed by atoms with Crippen LogP contribution in [0.2, 0.25) is 5.02 Å². The van der Waals surface area contributed by atoms with E-state index in [0.29, 0.717) is 5.92 Å². The quantitative estimate of drug-likeness (QED) is 0.822. The molecule has 0 saturated heterocycles. The molecule has 106 valence electrons. The maximum absolute atomic E-state index is 6.41. The van der Waals surface area contributed by atoms with Crippen molar-refractivity contribution in [3.8, 4) is 0 Å². The highest BCUT2D eigenvalue weighted by atomic mass is 79.9. The first-order chi connectivity index (χ1) is 9.63. The second kappa shape index (κ2) is 7.21. The molecule has 0 aliphatic carbocycles. The molecule has 0 spiro atoms. The average Bonchev–Trinajstić information content (AvgIpc) is 2.46. The summed E-state index contributed by atoms with van der Waals surface area (Å²) in [5.41, 5.74) is 2.38. The third kappa shape index (κ3) is 3.60. The van der Waals surface area contributed by atoms with Crippen molar-refractivity contribution >= 4 is 27.5 Å². The van der Waals surface area contributed by atoms with Gasteiger partial charge in [0.25, 0.3) is 0 Å². The Morgan fingerprint density at radius 1 is 1.25 bits per heavy atom. The fourth-order valence-electron chi connectivity index (χ4n) is 2.39. The minimum atomic E-state index is 0.183. The molecule has 2 unspecified atom stereocenters. The lowest BCUT2D eigenvalue weighted by Crippen LogP contribution is -2.26. The van der Waals surface area contributed by atoms with Crippen LogP contribution < -0.4 is 5.32 Å². The molecule has 4 heteroatoms. The monoisotopic (exact) mass is 352 g/mol. The molecule has 0 aliphatic heterocycles. The highest BCUT2D eigenvalue weighted by Gasteiger charge is 2.22. The van der Waals surface area contributed by atoms with Crippen LogP contribution in [0.5, 0.6) is 0 Å². The van der Waals surface area contributed by atoms with Crippen LogP contribution in [0.1, 0.15) is 36.9 Å². The molecular weight excluding hydrogens is 336 g/mol. The summed E-state index contributed by atoms with van der Waals surface area (Å²) in [6.07, 6.45) is 3.66. The number of likely N-dealkylation sites (N-methyl/N-ethyl adjacent to an activating group) is 1. The smallest absolute Gasteiger partial charge is 0.0465 e. The van der Waals surface area contributed by atoms with E-state index in [-0.39, 0.29) is 6.04 Å². The molecule has 2 aromatic rings. The van der Waals surface area contributed by atoms with Crippen molar-refractivity contribution in [1.82, 2.24) is 10.3 Å². The van der Waals surface area contributed by atoms with Crippen LogP contribution in [0.4, 0.5) is 0 Å². The molecule has 2 atom stereocenters. The average molecular weight is 354 g/mol. The number of halogens is 2. The Balaban J connectivity index is 2.35. The van der Waals surface area contributed by atoms with Crippen LogP contribution >= 0.6 is 27.5 Å². The molecule has 0 radical (unpaired) electrons. The lowest BCUT2D eigenvalue weighted by Gasteiger charge is -2.26. The summed E-state index contributed by atoms with van der Waals surface area (Å²) in [5.74, 6) is 0.316. The number of hydrogen-bond acceptors (Lipinski definition) is 2. The predicted molar refractivity (Wildman–Crippen MR) is 88.2 cm³/mol. The molecule has 0 amide bonds. The number of hydrogen-bond donors (Lipinski definition) is 1. The van der Waals surface area contributed by atoms with Gasteiger partial charge in [0.1, 0.15) is 0 Å². The zero-order chi connectivity index (χ0) is 14.5. The van der Waals surface area contributed by atoms with Gasteiger partial charge in [0.2, 0.25) is 0 Å². The molecular formula is C16H18BrClN2. The van der Waals surface area contributed by atoms with Gasteiger partial charge in [-0.1, -0.05) is 47.4 Å². The molecule has 2 nitrogen and oxygen atoms in total. The van der Waals surface area contributed by atoms with Gasteiger partial charge in [-0.05, 0) is 41.9 Å². The summed E-state index contributed by atoms with van der Waals surface area (Å²) in [5, 5.41) is 4.32. The van der Waals surface area contributed by atoms with Crippen LogP contribution in [-0.4, -0.2) is 11.5 Å². The Morgan fingerprint density at radius 2 is 1.95 bits per heavy atom. The van der Waals surface area contributed by atoms with E-state index in [1.807, 2.05) is 24.5 Å². The summed E-state index contributed by atoms with van der Waals surface area (Å²) >= 11 is 9.86. The number of aromatic nitrogens is 1. The van der Waals surface area contributed by atoms with Gasteiger partial charge in [-0.15, -0.1) is 0 Å². The lowest BCUT2D eigenvalue weighted by atomic mass is 9.89. The number of nitrogens with zero attached hydrogens (tertiary/aromatic N) is 1. The highest BCUT2D eigenvalue weighted by Crippen LogP contribution is 2.35. The fourth-order valence-corrected chi connectivity index (χ4v) is 3.18. The van der Waals surface area contributed by atoms with Crippen molar-refractivity contribution in [3.05, 3.63) is 63.3 Å². The summed E-state index contributed by atoms with van der Waals surface area (Å²) in [6.45, 7) is 5.21. The van der Waals surface area contributed by atoms with E-state index in [9.17, 15) is 0 Å². The molecule has 1 heterocycles. The summed E-state index contributed by atoms with van der Waals surface area (Å²) in [4.78, 5) is 4.08. The van der Waals surface area contributed by atoms with Crippen molar-refractivity contribution in [2.24, 2.45) is 0 Å². The molecule has 0 fully saturated rings. The zero-order valence-electron chi connectivity index (χ0n) is 11.6. The van der Waals surface area contributed by atoms with E-state index in [0.717, 1.165) is 21.6 Å². The summed E-state index contributed by atoms with van der Waals surface area (Å²) < 4.78 is 0.998. The minimum absolute atomic E-state index is 0.183. The maximum Gasteiger partial charge on any atom is 0.0465 e. The van der Waals surface area contributed by atoms with Crippen molar-refractivity contribution in [1.29, 1.82) is 0 Å². The second-order valence-corrected chi connectivity index (χ2v) is 6.09. The predicted octanol–water partition coefficient (Wildman–Crippen LogP) is 4.95. The van der Waals surface area contributed by atoms with Gasteiger partial charge in [-0.25, -0.2) is 0 Å². The van der Waals surface area contributed by atoms with E-state index in [1.54, 1.807) is 0 Å². The molecule has 0 saturated carbocycles. The Kier molecular flexibility index (Phi) is 5.58. The van der Waals surface area contributed by atoms with Gasteiger partial charge in [0.15, 0.2) is 0 Å².